The Hall–Kier alpha value is -2.17. The van der Waals surface area contributed by atoms with E-state index >= 15 is 0 Å². The first-order valence-electron chi connectivity index (χ1n) is 8.28. The van der Waals surface area contributed by atoms with E-state index in [1.54, 1.807) is 7.11 Å². The number of aryl methyl sites for hydroxylation is 2. The second kappa shape index (κ2) is 8.62. The first-order valence-corrected chi connectivity index (χ1v) is 8.28. The zero-order chi connectivity index (χ0) is 17.5. The van der Waals surface area contributed by atoms with Crippen molar-refractivity contribution in [2.45, 2.75) is 32.9 Å². The van der Waals surface area contributed by atoms with Crippen LogP contribution in [0.5, 0.6) is 0 Å². The van der Waals surface area contributed by atoms with Crippen LogP contribution in [-0.2, 0) is 9.53 Å². The number of nitrogens with two attached hydrogens (primary N) is 1. The van der Waals surface area contributed by atoms with E-state index < -0.39 is 0 Å². The third-order valence-electron chi connectivity index (χ3n) is 4.04. The molecule has 0 heterocycles. The molecular formula is C20H27N2O2+. The Morgan fingerprint density at radius 2 is 1.88 bits per heavy atom. The van der Waals surface area contributed by atoms with Crippen LogP contribution in [0.4, 0.5) is 5.69 Å². The molecule has 4 nitrogen and oxygen atoms in total. The van der Waals surface area contributed by atoms with Crippen LogP contribution < -0.4 is 10.6 Å². The van der Waals surface area contributed by atoms with Crippen molar-refractivity contribution >= 4 is 11.6 Å². The van der Waals surface area contributed by atoms with Gasteiger partial charge in [-0.25, -0.2) is 0 Å². The minimum absolute atomic E-state index is 0.0159. The number of quaternary nitrogens is 1. The Morgan fingerprint density at radius 3 is 2.54 bits per heavy atom. The molecular weight excluding hydrogens is 300 g/mol. The maximum atomic E-state index is 12.9. The third-order valence-corrected chi connectivity index (χ3v) is 4.04. The Bertz CT molecular complexity index is 671. The van der Waals surface area contributed by atoms with Crippen LogP contribution in [0.3, 0.4) is 0 Å². The zero-order valence-corrected chi connectivity index (χ0v) is 14.9. The molecule has 24 heavy (non-hydrogen) atoms. The number of anilines is 1. The van der Waals surface area contributed by atoms with Gasteiger partial charge in [-0.05, 0) is 38.0 Å². The lowest BCUT2D eigenvalue weighted by Crippen LogP contribution is -2.92. The number of ether oxygens (including phenoxy) is 1. The van der Waals surface area contributed by atoms with Gasteiger partial charge in [0.05, 0.1) is 6.61 Å². The van der Waals surface area contributed by atoms with Gasteiger partial charge in [-0.2, -0.15) is 0 Å². The lowest BCUT2D eigenvalue weighted by molar-refractivity contribution is -0.713. The molecule has 0 aromatic heterocycles. The van der Waals surface area contributed by atoms with Crippen LogP contribution in [0.15, 0.2) is 48.5 Å². The number of hydrogen-bond acceptors (Lipinski definition) is 2. The highest BCUT2D eigenvalue weighted by Crippen LogP contribution is 2.18. The van der Waals surface area contributed by atoms with Crippen LogP contribution in [0.1, 0.15) is 29.7 Å². The number of amides is 1. The van der Waals surface area contributed by atoms with Crippen molar-refractivity contribution in [1.29, 1.82) is 0 Å². The quantitative estimate of drug-likeness (QED) is 0.821. The number of methoxy groups -OCH3 is 1. The number of nitrogens with one attached hydrogen (secondary N) is 1. The lowest BCUT2D eigenvalue weighted by atomic mass is 10.0. The van der Waals surface area contributed by atoms with E-state index in [0.29, 0.717) is 6.61 Å². The number of hydrogen-bond donors (Lipinski definition) is 2. The molecule has 2 rings (SSSR count). The first kappa shape index (κ1) is 18.2. The molecule has 2 aromatic carbocycles. The minimum atomic E-state index is -0.309. The monoisotopic (exact) mass is 327 g/mol. The normalized spacial score (nSPS) is 13.3. The average Bonchev–Trinajstić information content (AvgIpc) is 2.57. The molecule has 0 bridgehead atoms. The molecule has 128 valence electrons. The second-order valence-electron chi connectivity index (χ2n) is 6.32. The lowest BCUT2D eigenvalue weighted by Gasteiger charge is -2.20. The molecule has 3 N–H and O–H groups in total. The summed E-state index contributed by atoms with van der Waals surface area (Å²) < 4.78 is 5.21. The van der Waals surface area contributed by atoms with Crippen molar-refractivity contribution in [1.82, 2.24) is 0 Å². The van der Waals surface area contributed by atoms with Crippen molar-refractivity contribution in [2.75, 3.05) is 19.0 Å². The van der Waals surface area contributed by atoms with E-state index in [4.69, 9.17) is 4.74 Å². The number of carbonyl (C=O) groups is 1. The van der Waals surface area contributed by atoms with Crippen LogP contribution in [0.2, 0.25) is 0 Å². The minimum Gasteiger partial charge on any atom is -0.379 e. The van der Waals surface area contributed by atoms with Gasteiger partial charge in [0.15, 0.2) is 6.04 Å². The van der Waals surface area contributed by atoms with Gasteiger partial charge in [0.25, 0.3) is 5.91 Å². The highest BCUT2D eigenvalue weighted by Gasteiger charge is 2.26. The number of benzene rings is 2. The van der Waals surface area contributed by atoms with Crippen LogP contribution in [0, 0.1) is 13.8 Å². The van der Waals surface area contributed by atoms with Crippen molar-refractivity contribution in [3.8, 4) is 0 Å². The third kappa shape index (κ3) is 4.91. The fourth-order valence-corrected chi connectivity index (χ4v) is 2.74. The summed E-state index contributed by atoms with van der Waals surface area (Å²) in [5.74, 6) is -0.0159. The summed E-state index contributed by atoms with van der Waals surface area (Å²) >= 11 is 0. The van der Waals surface area contributed by atoms with Crippen molar-refractivity contribution in [3.05, 3.63) is 65.2 Å². The summed E-state index contributed by atoms with van der Waals surface area (Å²) in [5.41, 5.74) is 4.05. The molecule has 0 fully saturated rings. The Morgan fingerprint density at radius 1 is 1.17 bits per heavy atom. The maximum absolute atomic E-state index is 12.9. The fraction of sp³-hybridized carbons (Fsp3) is 0.350. The molecule has 0 aliphatic heterocycles. The second-order valence-corrected chi connectivity index (χ2v) is 6.32. The highest BCUT2D eigenvalue weighted by molar-refractivity contribution is 5.95. The van der Waals surface area contributed by atoms with E-state index in [1.165, 1.54) is 0 Å². The van der Waals surface area contributed by atoms with Gasteiger partial charge in [-0.1, -0.05) is 42.5 Å². The van der Waals surface area contributed by atoms with Gasteiger partial charge in [-0.15, -0.1) is 0 Å². The summed E-state index contributed by atoms with van der Waals surface area (Å²) in [6.45, 7) is 6.69. The van der Waals surface area contributed by atoms with Gasteiger partial charge in [0.1, 0.15) is 6.04 Å². The molecule has 2 atom stereocenters. The van der Waals surface area contributed by atoms with E-state index in [-0.39, 0.29) is 18.0 Å². The topological polar surface area (TPSA) is 54.9 Å². The van der Waals surface area contributed by atoms with Gasteiger partial charge in [0.2, 0.25) is 0 Å². The molecule has 2 aromatic rings. The number of carbonyl (C=O) groups excluding carboxylic acids is 1. The van der Waals surface area contributed by atoms with Gasteiger partial charge in [-0.3, -0.25) is 4.79 Å². The van der Waals surface area contributed by atoms with E-state index in [2.05, 4.69) is 17.6 Å². The summed E-state index contributed by atoms with van der Waals surface area (Å²) in [6, 6.07) is 15.8. The summed E-state index contributed by atoms with van der Waals surface area (Å²) in [7, 11) is 1.68. The molecule has 0 radical (unpaired) electrons. The molecule has 0 spiro atoms. The van der Waals surface area contributed by atoms with E-state index in [0.717, 1.165) is 22.4 Å². The molecule has 0 aliphatic carbocycles. The van der Waals surface area contributed by atoms with Gasteiger partial charge in [0, 0.05) is 18.4 Å². The van der Waals surface area contributed by atoms with Crippen LogP contribution >= 0.6 is 0 Å². The van der Waals surface area contributed by atoms with Crippen LogP contribution in [0.25, 0.3) is 0 Å². The van der Waals surface area contributed by atoms with Crippen molar-refractivity contribution in [2.24, 2.45) is 0 Å². The van der Waals surface area contributed by atoms with Gasteiger partial charge >= 0.3 is 0 Å². The van der Waals surface area contributed by atoms with E-state index in [9.17, 15) is 4.79 Å². The average molecular weight is 327 g/mol. The number of rotatable bonds is 7. The fourth-order valence-electron chi connectivity index (χ4n) is 2.74. The van der Waals surface area contributed by atoms with Crippen molar-refractivity contribution in [3.63, 3.8) is 0 Å². The molecule has 0 unspecified atom stereocenters. The van der Waals surface area contributed by atoms with Crippen molar-refractivity contribution < 1.29 is 14.8 Å². The Balaban J connectivity index is 2.22. The molecule has 0 aliphatic rings. The molecule has 0 saturated carbocycles. The van der Waals surface area contributed by atoms with E-state index in [1.807, 2.05) is 62.4 Å². The SMILES string of the molecule is COC[C@@H](C)[NH2+][C@H](C(=O)Nc1cc(C)ccc1C)c1ccccc1. The molecule has 0 saturated heterocycles. The predicted molar refractivity (Wildman–Crippen MR) is 97.0 cm³/mol. The zero-order valence-electron chi connectivity index (χ0n) is 14.9. The molecule has 1 amide bonds. The standard InChI is InChI=1S/C20H26N2O2/c1-14-10-11-15(2)18(12-14)22-20(23)19(21-16(3)13-24-4)17-8-6-5-7-9-17/h5-12,16,19,21H,13H2,1-4H3,(H,22,23)/p+1/t16-,19+/m1/s1. The Labute approximate surface area is 144 Å². The summed E-state index contributed by atoms with van der Waals surface area (Å²) in [5, 5.41) is 5.14. The predicted octanol–water partition coefficient (Wildman–Crippen LogP) is 2.58. The first-order chi connectivity index (χ1) is 11.5. The maximum Gasteiger partial charge on any atom is 0.287 e. The molecule has 4 heteroatoms. The van der Waals surface area contributed by atoms with Gasteiger partial charge < -0.3 is 15.4 Å². The largest absolute Gasteiger partial charge is 0.379 e. The summed E-state index contributed by atoms with van der Waals surface area (Å²) in [4.78, 5) is 12.9. The van der Waals surface area contributed by atoms with Crippen LogP contribution in [-0.4, -0.2) is 25.7 Å². The Kier molecular flexibility index (Phi) is 6.53. The highest BCUT2D eigenvalue weighted by atomic mass is 16.5. The summed E-state index contributed by atoms with van der Waals surface area (Å²) in [6.07, 6.45) is 0. The smallest absolute Gasteiger partial charge is 0.287 e.